The Labute approximate surface area is 203 Å². The third-order valence-electron chi connectivity index (χ3n) is 6.53. The smallest absolute Gasteiger partial charge is 0.326 e. The largest absolute Gasteiger partial charge is 0.480 e. The van der Waals surface area contributed by atoms with Crippen LogP contribution in [-0.2, 0) is 29.1 Å². The summed E-state index contributed by atoms with van der Waals surface area (Å²) in [6.07, 6.45) is 1.92. The van der Waals surface area contributed by atoms with Gasteiger partial charge < -0.3 is 20.3 Å². The molecule has 1 amide bonds. The second-order valence-corrected chi connectivity index (χ2v) is 8.79. The number of anilines is 1. The molecule has 1 aliphatic heterocycles. The van der Waals surface area contributed by atoms with Gasteiger partial charge in [-0.3, -0.25) is 4.79 Å². The topological polar surface area (TPSA) is 101 Å². The molecule has 2 heterocycles. The molecule has 35 heavy (non-hydrogen) atoms. The third-order valence-corrected chi connectivity index (χ3v) is 6.53. The quantitative estimate of drug-likeness (QED) is 0.422. The van der Waals surface area contributed by atoms with E-state index in [1.807, 2.05) is 89.5 Å². The van der Waals surface area contributed by atoms with E-state index in [2.05, 4.69) is 4.98 Å². The molecular weight excluding hydrogens is 440 g/mol. The Morgan fingerprint density at radius 1 is 0.943 bits per heavy atom. The number of rotatable bonds is 6. The van der Waals surface area contributed by atoms with Crippen LogP contribution >= 0.6 is 0 Å². The zero-order chi connectivity index (χ0) is 24.4. The van der Waals surface area contributed by atoms with Crippen LogP contribution in [0.5, 0.6) is 0 Å². The number of hydrogen-bond donors (Lipinski definition) is 2. The van der Waals surface area contributed by atoms with Crippen molar-refractivity contribution in [3.63, 3.8) is 0 Å². The van der Waals surface area contributed by atoms with Gasteiger partial charge in [0.1, 0.15) is 6.04 Å². The van der Waals surface area contributed by atoms with Crippen molar-refractivity contribution >= 4 is 17.6 Å². The third kappa shape index (κ3) is 4.53. The molecule has 0 bridgehead atoms. The van der Waals surface area contributed by atoms with Gasteiger partial charge in [0.2, 0.25) is 5.91 Å². The zero-order valence-corrected chi connectivity index (χ0v) is 19.1. The number of benzene rings is 3. The summed E-state index contributed by atoms with van der Waals surface area (Å²) in [6, 6.07) is 25.6. The Hall–Kier alpha value is -4.39. The minimum atomic E-state index is -1.02. The first kappa shape index (κ1) is 22.4. The van der Waals surface area contributed by atoms with Gasteiger partial charge in [0, 0.05) is 24.3 Å². The van der Waals surface area contributed by atoms with Crippen LogP contribution in [0.2, 0.25) is 0 Å². The summed E-state index contributed by atoms with van der Waals surface area (Å²) < 4.78 is 1.96. The van der Waals surface area contributed by atoms with Gasteiger partial charge in [-0.25, -0.2) is 9.78 Å². The summed E-state index contributed by atoms with van der Waals surface area (Å²) in [6.45, 7) is 0.704. The molecule has 4 aromatic rings. The Bertz CT molecular complexity index is 1290. The number of carboxylic acid groups (broad SMARTS) is 1. The summed E-state index contributed by atoms with van der Waals surface area (Å²) in [5, 5.41) is 10.1. The van der Waals surface area contributed by atoms with E-state index in [9.17, 15) is 14.7 Å². The SMILES string of the molecule is Nc1ccc(Cn2cnc3c2CC(C(=O)O)N(C(=O)C(c2ccccc2)c2ccccc2)C3)cc1. The highest BCUT2D eigenvalue weighted by molar-refractivity contribution is 5.91. The van der Waals surface area contributed by atoms with E-state index in [4.69, 9.17) is 5.73 Å². The average molecular weight is 467 g/mol. The summed E-state index contributed by atoms with van der Waals surface area (Å²) in [4.78, 5) is 32.4. The molecular formula is C28H26N4O3. The predicted octanol–water partition coefficient (Wildman–Crippen LogP) is 3.68. The highest BCUT2D eigenvalue weighted by Crippen LogP contribution is 2.32. The fraction of sp³-hybridized carbons (Fsp3) is 0.179. The van der Waals surface area contributed by atoms with E-state index in [0.717, 1.165) is 28.1 Å². The molecule has 0 saturated heterocycles. The molecule has 1 aromatic heterocycles. The van der Waals surface area contributed by atoms with Crippen molar-refractivity contribution in [2.75, 3.05) is 5.73 Å². The van der Waals surface area contributed by atoms with Crippen LogP contribution in [0.15, 0.2) is 91.3 Å². The summed E-state index contributed by atoms with van der Waals surface area (Å²) in [5.74, 6) is -1.87. The lowest BCUT2D eigenvalue weighted by Gasteiger charge is -2.35. The molecule has 3 aromatic carbocycles. The molecule has 1 unspecified atom stereocenters. The highest BCUT2D eigenvalue weighted by Gasteiger charge is 2.40. The molecule has 176 valence electrons. The second kappa shape index (κ2) is 9.46. The molecule has 1 aliphatic rings. The first-order valence-corrected chi connectivity index (χ1v) is 11.5. The number of carbonyl (C=O) groups is 2. The Morgan fingerprint density at radius 2 is 1.54 bits per heavy atom. The number of nitrogen functional groups attached to an aromatic ring is 1. The van der Waals surface area contributed by atoms with Gasteiger partial charge in [-0.1, -0.05) is 72.8 Å². The molecule has 7 nitrogen and oxygen atoms in total. The van der Waals surface area contributed by atoms with Crippen molar-refractivity contribution in [1.82, 2.24) is 14.5 Å². The molecule has 7 heteroatoms. The molecule has 1 atom stereocenters. The number of fused-ring (bicyclic) bond motifs is 1. The molecule has 0 saturated carbocycles. The minimum Gasteiger partial charge on any atom is -0.480 e. The highest BCUT2D eigenvalue weighted by atomic mass is 16.4. The average Bonchev–Trinajstić information content (AvgIpc) is 3.27. The molecule has 0 aliphatic carbocycles. The van der Waals surface area contributed by atoms with Gasteiger partial charge in [-0.15, -0.1) is 0 Å². The van der Waals surface area contributed by atoms with Crippen molar-refractivity contribution in [3.8, 4) is 0 Å². The van der Waals surface area contributed by atoms with E-state index in [1.54, 1.807) is 6.33 Å². The molecule has 0 radical (unpaired) electrons. The molecule has 0 fully saturated rings. The first-order chi connectivity index (χ1) is 17.0. The van der Waals surface area contributed by atoms with Gasteiger partial charge in [-0.05, 0) is 28.8 Å². The van der Waals surface area contributed by atoms with Crippen molar-refractivity contribution in [1.29, 1.82) is 0 Å². The lowest BCUT2D eigenvalue weighted by molar-refractivity contribution is -0.151. The lowest BCUT2D eigenvalue weighted by atomic mass is 9.88. The molecule has 3 N–H and O–H groups in total. The van der Waals surface area contributed by atoms with Crippen molar-refractivity contribution in [2.24, 2.45) is 0 Å². The maximum atomic E-state index is 14.0. The number of nitrogens with zero attached hydrogens (tertiary/aromatic N) is 3. The number of nitrogens with two attached hydrogens (primary N) is 1. The van der Waals surface area contributed by atoms with E-state index in [-0.39, 0.29) is 18.9 Å². The van der Waals surface area contributed by atoms with Crippen LogP contribution in [0.25, 0.3) is 0 Å². The normalized spacial score (nSPS) is 15.1. The number of carboxylic acids is 1. The van der Waals surface area contributed by atoms with E-state index in [0.29, 0.717) is 12.2 Å². The second-order valence-electron chi connectivity index (χ2n) is 8.79. The maximum Gasteiger partial charge on any atom is 0.326 e. The van der Waals surface area contributed by atoms with Gasteiger partial charge in [0.25, 0.3) is 0 Å². The Balaban J connectivity index is 1.48. The predicted molar refractivity (Wildman–Crippen MR) is 133 cm³/mol. The van der Waals surface area contributed by atoms with Crippen LogP contribution in [-0.4, -0.2) is 37.5 Å². The fourth-order valence-electron chi connectivity index (χ4n) is 4.72. The number of carbonyl (C=O) groups excluding carboxylic acids is 1. The lowest BCUT2D eigenvalue weighted by Crippen LogP contribution is -2.50. The van der Waals surface area contributed by atoms with Crippen molar-refractivity contribution in [3.05, 3.63) is 119 Å². The van der Waals surface area contributed by atoms with Crippen LogP contribution < -0.4 is 5.73 Å². The number of hydrogen-bond acceptors (Lipinski definition) is 4. The van der Waals surface area contributed by atoms with E-state index >= 15 is 0 Å². The van der Waals surface area contributed by atoms with E-state index < -0.39 is 17.9 Å². The standard InChI is InChI=1S/C28H26N4O3/c29-22-13-11-19(12-14-22)16-31-18-30-23-17-32(25(28(34)35)15-24(23)31)27(33)26(20-7-3-1-4-8-20)21-9-5-2-6-10-21/h1-14,18,25-26H,15-17,29H2,(H,34,35). The zero-order valence-electron chi connectivity index (χ0n) is 19.1. The van der Waals surface area contributed by atoms with Crippen LogP contribution in [0.4, 0.5) is 5.69 Å². The van der Waals surface area contributed by atoms with Gasteiger partial charge in [0.15, 0.2) is 0 Å². The monoisotopic (exact) mass is 466 g/mol. The Morgan fingerprint density at radius 3 is 2.11 bits per heavy atom. The maximum absolute atomic E-state index is 14.0. The van der Waals surface area contributed by atoms with Crippen LogP contribution in [0, 0.1) is 0 Å². The molecule has 0 spiro atoms. The summed E-state index contributed by atoms with van der Waals surface area (Å²) in [5.41, 5.74) is 10.7. The van der Waals surface area contributed by atoms with Gasteiger partial charge in [0.05, 0.1) is 24.5 Å². The summed E-state index contributed by atoms with van der Waals surface area (Å²) >= 11 is 0. The van der Waals surface area contributed by atoms with E-state index in [1.165, 1.54) is 4.90 Å². The molecule has 5 rings (SSSR count). The number of aliphatic carboxylic acids is 1. The number of imidazole rings is 1. The summed E-state index contributed by atoms with van der Waals surface area (Å²) in [7, 11) is 0. The van der Waals surface area contributed by atoms with Crippen LogP contribution in [0.3, 0.4) is 0 Å². The first-order valence-electron chi connectivity index (χ1n) is 11.5. The number of aromatic nitrogens is 2. The van der Waals surface area contributed by atoms with Crippen molar-refractivity contribution in [2.45, 2.75) is 31.5 Å². The minimum absolute atomic E-state index is 0.149. The van der Waals surface area contributed by atoms with Crippen LogP contribution in [0.1, 0.15) is 34.0 Å². The van der Waals surface area contributed by atoms with Crippen molar-refractivity contribution < 1.29 is 14.7 Å². The fourth-order valence-corrected chi connectivity index (χ4v) is 4.72. The Kier molecular flexibility index (Phi) is 6.06. The van der Waals surface area contributed by atoms with Gasteiger partial charge >= 0.3 is 5.97 Å². The number of amides is 1. The van der Waals surface area contributed by atoms with Gasteiger partial charge in [-0.2, -0.15) is 0 Å².